The SMILES string of the molecule is CCc1nc(N(C)Cc2cccnc2)sc1C(=O)O. The first kappa shape index (κ1) is 13.5. The fraction of sp³-hybridized carbons (Fsp3) is 0.308. The molecule has 0 aliphatic heterocycles. The molecule has 2 aromatic rings. The Labute approximate surface area is 115 Å². The van der Waals surface area contributed by atoms with Crippen LogP contribution in [-0.4, -0.2) is 28.1 Å². The van der Waals surface area contributed by atoms with Gasteiger partial charge in [0.1, 0.15) is 4.88 Å². The number of aryl methyl sites for hydroxylation is 1. The lowest BCUT2D eigenvalue weighted by molar-refractivity contribution is 0.0701. The number of nitrogens with zero attached hydrogens (tertiary/aromatic N) is 3. The Bertz CT molecular complexity index is 569. The number of pyridine rings is 1. The zero-order chi connectivity index (χ0) is 13.8. The van der Waals surface area contributed by atoms with Crippen molar-refractivity contribution in [2.75, 3.05) is 11.9 Å². The van der Waals surface area contributed by atoms with Crippen LogP contribution in [0, 0.1) is 0 Å². The van der Waals surface area contributed by atoms with Crippen molar-refractivity contribution in [1.29, 1.82) is 0 Å². The molecule has 0 radical (unpaired) electrons. The third-order valence-corrected chi connectivity index (χ3v) is 3.88. The van der Waals surface area contributed by atoms with Gasteiger partial charge in [-0.2, -0.15) is 0 Å². The summed E-state index contributed by atoms with van der Waals surface area (Å²) in [4.78, 5) is 21.8. The van der Waals surface area contributed by atoms with E-state index in [1.54, 1.807) is 12.4 Å². The fourth-order valence-electron chi connectivity index (χ4n) is 1.74. The van der Waals surface area contributed by atoms with E-state index in [0.29, 0.717) is 23.5 Å². The van der Waals surface area contributed by atoms with Crippen molar-refractivity contribution < 1.29 is 9.90 Å². The highest BCUT2D eigenvalue weighted by Crippen LogP contribution is 2.27. The predicted molar refractivity (Wildman–Crippen MR) is 74.8 cm³/mol. The molecule has 0 amide bonds. The number of hydrogen-bond acceptors (Lipinski definition) is 5. The van der Waals surface area contributed by atoms with E-state index in [0.717, 1.165) is 10.7 Å². The number of hydrogen-bond donors (Lipinski definition) is 1. The first-order valence-corrected chi connectivity index (χ1v) is 6.76. The van der Waals surface area contributed by atoms with Gasteiger partial charge in [-0.3, -0.25) is 4.98 Å². The molecule has 0 aromatic carbocycles. The molecule has 0 saturated heterocycles. The minimum Gasteiger partial charge on any atom is -0.477 e. The molecule has 0 atom stereocenters. The van der Waals surface area contributed by atoms with Gasteiger partial charge in [-0.15, -0.1) is 0 Å². The molecule has 2 rings (SSSR count). The molecule has 0 bridgehead atoms. The minimum atomic E-state index is -0.907. The molecule has 100 valence electrons. The summed E-state index contributed by atoms with van der Waals surface area (Å²) in [7, 11) is 1.90. The van der Waals surface area contributed by atoms with Gasteiger partial charge in [0, 0.05) is 26.0 Å². The highest BCUT2D eigenvalue weighted by atomic mass is 32.1. The van der Waals surface area contributed by atoms with Crippen molar-refractivity contribution in [3.05, 3.63) is 40.7 Å². The van der Waals surface area contributed by atoms with Crippen LogP contribution in [0.5, 0.6) is 0 Å². The molecule has 1 N–H and O–H groups in total. The zero-order valence-electron chi connectivity index (χ0n) is 10.8. The summed E-state index contributed by atoms with van der Waals surface area (Å²) in [6, 6.07) is 3.86. The van der Waals surface area contributed by atoms with Gasteiger partial charge in [-0.25, -0.2) is 9.78 Å². The maximum absolute atomic E-state index is 11.1. The van der Waals surface area contributed by atoms with E-state index in [1.807, 2.05) is 31.0 Å². The van der Waals surface area contributed by atoms with Crippen molar-refractivity contribution in [3.63, 3.8) is 0 Å². The van der Waals surface area contributed by atoms with Crippen LogP contribution < -0.4 is 4.90 Å². The van der Waals surface area contributed by atoms with E-state index >= 15 is 0 Å². The number of aromatic carboxylic acids is 1. The Kier molecular flexibility index (Phi) is 4.11. The molecular formula is C13H15N3O2S. The summed E-state index contributed by atoms with van der Waals surface area (Å²) < 4.78 is 0. The van der Waals surface area contributed by atoms with E-state index in [4.69, 9.17) is 5.11 Å². The second kappa shape index (κ2) is 5.79. The monoisotopic (exact) mass is 277 g/mol. The molecular weight excluding hydrogens is 262 g/mol. The predicted octanol–water partition coefficient (Wildman–Crippen LogP) is 2.44. The largest absolute Gasteiger partial charge is 0.477 e. The summed E-state index contributed by atoms with van der Waals surface area (Å²) >= 11 is 1.21. The molecule has 0 unspecified atom stereocenters. The van der Waals surface area contributed by atoms with E-state index in [2.05, 4.69) is 9.97 Å². The molecule has 2 aromatic heterocycles. The van der Waals surface area contributed by atoms with Crippen LogP contribution in [0.15, 0.2) is 24.5 Å². The zero-order valence-corrected chi connectivity index (χ0v) is 11.6. The maximum Gasteiger partial charge on any atom is 0.347 e. The fourth-order valence-corrected chi connectivity index (χ4v) is 2.70. The van der Waals surface area contributed by atoms with E-state index in [1.165, 1.54) is 11.3 Å². The van der Waals surface area contributed by atoms with Gasteiger partial charge >= 0.3 is 5.97 Å². The van der Waals surface area contributed by atoms with Gasteiger partial charge in [0.15, 0.2) is 5.13 Å². The second-order valence-corrected chi connectivity index (χ2v) is 5.13. The Balaban J connectivity index is 2.20. The van der Waals surface area contributed by atoms with Crippen molar-refractivity contribution in [3.8, 4) is 0 Å². The normalized spacial score (nSPS) is 10.4. The molecule has 0 spiro atoms. The number of carboxylic acid groups (broad SMARTS) is 1. The molecule has 6 heteroatoms. The standard InChI is InChI=1S/C13H15N3O2S/c1-3-10-11(12(17)18)19-13(15-10)16(2)8-9-5-4-6-14-7-9/h4-7H,3,8H2,1-2H3,(H,17,18). The van der Waals surface area contributed by atoms with Gasteiger partial charge in [-0.05, 0) is 18.1 Å². The summed E-state index contributed by atoms with van der Waals surface area (Å²) in [6.07, 6.45) is 4.15. The number of aromatic nitrogens is 2. The van der Waals surface area contributed by atoms with Crippen molar-refractivity contribution in [2.45, 2.75) is 19.9 Å². The van der Waals surface area contributed by atoms with E-state index in [9.17, 15) is 4.79 Å². The smallest absolute Gasteiger partial charge is 0.347 e. The van der Waals surface area contributed by atoms with Gasteiger partial charge < -0.3 is 10.0 Å². The third kappa shape index (κ3) is 3.08. The summed E-state index contributed by atoms with van der Waals surface area (Å²) in [5, 5.41) is 9.84. The van der Waals surface area contributed by atoms with Crippen LogP contribution in [0.3, 0.4) is 0 Å². The number of carbonyl (C=O) groups is 1. The summed E-state index contributed by atoms with van der Waals surface area (Å²) in [6.45, 7) is 2.57. The number of rotatable bonds is 5. The first-order valence-electron chi connectivity index (χ1n) is 5.94. The molecule has 0 aliphatic rings. The molecule has 5 nitrogen and oxygen atoms in total. The highest BCUT2D eigenvalue weighted by Gasteiger charge is 2.18. The van der Waals surface area contributed by atoms with Crippen LogP contribution in [0.25, 0.3) is 0 Å². The Morgan fingerprint density at radius 1 is 1.53 bits per heavy atom. The third-order valence-electron chi connectivity index (χ3n) is 2.68. The maximum atomic E-state index is 11.1. The van der Waals surface area contributed by atoms with Gasteiger partial charge in [-0.1, -0.05) is 24.3 Å². The van der Waals surface area contributed by atoms with Crippen LogP contribution >= 0.6 is 11.3 Å². The lowest BCUT2D eigenvalue weighted by Crippen LogP contribution is -2.16. The average Bonchev–Trinajstić information content (AvgIpc) is 2.84. The Hall–Kier alpha value is -1.95. The topological polar surface area (TPSA) is 66.3 Å². The number of anilines is 1. The first-order chi connectivity index (χ1) is 9.11. The van der Waals surface area contributed by atoms with Crippen LogP contribution in [-0.2, 0) is 13.0 Å². The number of thiazole rings is 1. The highest BCUT2D eigenvalue weighted by molar-refractivity contribution is 7.17. The van der Waals surface area contributed by atoms with E-state index in [-0.39, 0.29) is 0 Å². The average molecular weight is 277 g/mol. The molecule has 2 heterocycles. The number of carboxylic acids is 1. The van der Waals surface area contributed by atoms with Crippen LogP contribution in [0.1, 0.15) is 27.9 Å². The lowest BCUT2D eigenvalue weighted by Gasteiger charge is -2.15. The summed E-state index contributed by atoms with van der Waals surface area (Å²) in [5.41, 5.74) is 1.71. The summed E-state index contributed by atoms with van der Waals surface area (Å²) in [5.74, 6) is -0.907. The van der Waals surface area contributed by atoms with E-state index < -0.39 is 5.97 Å². The molecule has 19 heavy (non-hydrogen) atoms. The molecule has 0 fully saturated rings. The Morgan fingerprint density at radius 2 is 2.32 bits per heavy atom. The van der Waals surface area contributed by atoms with Gasteiger partial charge in [0.05, 0.1) is 5.69 Å². The van der Waals surface area contributed by atoms with Crippen LogP contribution in [0.4, 0.5) is 5.13 Å². The quantitative estimate of drug-likeness (QED) is 0.909. The minimum absolute atomic E-state index is 0.329. The second-order valence-electron chi connectivity index (χ2n) is 4.15. The van der Waals surface area contributed by atoms with Crippen LogP contribution in [0.2, 0.25) is 0 Å². The lowest BCUT2D eigenvalue weighted by atomic mass is 10.3. The van der Waals surface area contributed by atoms with Crippen molar-refractivity contribution in [1.82, 2.24) is 9.97 Å². The van der Waals surface area contributed by atoms with Gasteiger partial charge in [0.2, 0.25) is 0 Å². The molecule has 0 saturated carbocycles. The Morgan fingerprint density at radius 3 is 2.84 bits per heavy atom. The molecule has 0 aliphatic carbocycles. The van der Waals surface area contributed by atoms with Crippen molar-refractivity contribution in [2.24, 2.45) is 0 Å². The van der Waals surface area contributed by atoms with Gasteiger partial charge in [0.25, 0.3) is 0 Å². The van der Waals surface area contributed by atoms with Crippen molar-refractivity contribution >= 4 is 22.4 Å².